The highest BCUT2D eigenvalue weighted by Crippen LogP contribution is 2.33. The van der Waals surface area contributed by atoms with Crippen LogP contribution in [0.5, 0.6) is 0 Å². The summed E-state index contributed by atoms with van der Waals surface area (Å²) in [6, 6.07) is 0. The lowest BCUT2D eigenvalue weighted by molar-refractivity contribution is -0.148. The molecule has 0 saturated carbocycles. The third-order valence-electron chi connectivity index (χ3n) is 3.55. The number of hydrogen-bond acceptors (Lipinski definition) is 6. The predicted octanol–water partition coefficient (Wildman–Crippen LogP) is 2.01. The third kappa shape index (κ3) is 2.09. The molecule has 8 heteroatoms. The molecular formula is C12H17N5O2S. The molecule has 0 atom stereocenters. The topological polar surface area (TPSA) is 93.8 Å². The maximum atomic E-state index is 11.7. The van der Waals surface area contributed by atoms with E-state index in [4.69, 9.17) is 0 Å². The Morgan fingerprint density at radius 1 is 1.35 bits per heavy atom. The minimum atomic E-state index is -1.12. The van der Waals surface area contributed by atoms with Gasteiger partial charge in [0.2, 0.25) is 0 Å². The second-order valence-corrected chi connectivity index (χ2v) is 5.81. The Balaban J connectivity index is 2.63. The van der Waals surface area contributed by atoms with Gasteiger partial charge in [0.25, 0.3) is 0 Å². The Labute approximate surface area is 120 Å². The van der Waals surface area contributed by atoms with E-state index in [1.165, 1.54) is 16.0 Å². The van der Waals surface area contributed by atoms with Gasteiger partial charge in [-0.15, -0.1) is 16.4 Å². The van der Waals surface area contributed by atoms with Crippen molar-refractivity contribution >= 4 is 17.3 Å². The number of carboxylic acids is 1. The zero-order valence-corrected chi connectivity index (χ0v) is 12.7. The number of aliphatic carboxylic acids is 1. The summed E-state index contributed by atoms with van der Waals surface area (Å²) in [4.78, 5) is 16.9. The van der Waals surface area contributed by atoms with Crippen molar-refractivity contribution in [3.63, 3.8) is 0 Å². The van der Waals surface area contributed by atoms with E-state index in [0.29, 0.717) is 18.7 Å². The molecule has 0 aliphatic carbocycles. The van der Waals surface area contributed by atoms with Crippen LogP contribution in [0.4, 0.5) is 0 Å². The van der Waals surface area contributed by atoms with Crippen LogP contribution in [-0.2, 0) is 10.3 Å². The average molecular weight is 295 g/mol. The highest BCUT2D eigenvalue weighted by molar-refractivity contribution is 7.15. The molecule has 0 spiro atoms. The summed E-state index contributed by atoms with van der Waals surface area (Å²) in [6.07, 6.45) is 0.821. The van der Waals surface area contributed by atoms with Gasteiger partial charge in [-0.05, 0) is 37.1 Å². The number of aromatic nitrogens is 5. The van der Waals surface area contributed by atoms with Gasteiger partial charge in [-0.1, -0.05) is 13.8 Å². The standard InChI is InChI=1S/C12H17N5O2S/c1-5-12(6-2,11(18)19)17-10(14-15-16-17)9-7(3)13-8(4)20-9/h5-6H2,1-4H3,(H,18,19). The number of rotatable bonds is 5. The minimum absolute atomic E-state index is 0.410. The molecule has 2 heterocycles. The lowest BCUT2D eigenvalue weighted by atomic mass is 9.93. The highest BCUT2D eigenvalue weighted by atomic mass is 32.1. The molecule has 20 heavy (non-hydrogen) atoms. The molecule has 2 aromatic rings. The molecule has 7 nitrogen and oxygen atoms in total. The number of hydrogen-bond donors (Lipinski definition) is 1. The van der Waals surface area contributed by atoms with E-state index in [-0.39, 0.29) is 0 Å². The van der Waals surface area contributed by atoms with Crippen molar-refractivity contribution in [3.05, 3.63) is 10.7 Å². The fourth-order valence-electron chi connectivity index (χ4n) is 2.30. The van der Waals surface area contributed by atoms with Crippen LogP contribution in [0.25, 0.3) is 10.7 Å². The smallest absolute Gasteiger partial charge is 0.331 e. The fraction of sp³-hybridized carbons (Fsp3) is 0.583. The molecule has 0 aliphatic heterocycles. The quantitative estimate of drug-likeness (QED) is 0.906. The van der Waals surface area contributed by atoms with E-state index in [9.17, 15) is 9.90 Å². The van der Waals surface area contributed by atoms with E-state index in [1.54, 1.807) is 0 Å². The first-order chi connectivity index (χ1) is 9.46. The molecule has 2 aromatic heterocycles. The van der Waals surface area contributed by atoms with Gasteiger partial charge in [0.05, 0.1) is 15.6 Å². The Kier molecular flexibility index (Phi) is 3.85. The third-order valence-corrected chi connectivity index (χ3v) is 4.62. The zero-order valence-electron chi connectivity index (χ0n) is 11.9. The summed E-state index contributed by atoms with van der Waals surface area (Å²) in [7, 11) is 0. The van der Waals surface area contributed by atoms with Gasteiger partial charge in [0, 0.05) is 0 Å². The molecule has 0 radical (unpaired) electrons. The summed E-state index contributed by atoms with van der Waals surface area (Å²) in [5.41, 5.74) is -0.307. The summed E-state index contributed by atoms with van der Waals surface area (Å²) < 4.78 is 1.43. The Hall–Kier alpha value is -1.83. The molecule has 0 fully saturated rings. The van der Waals surface area contributed by atoms with Crippen molar-refractivity contribution in [3.8, 4) is 10.7 Å². The van der Waals surface area contributed by atoms with Crippen LogP contribution in [-0.4, -0.2) is 36.3 Å². The summed E-state index contributed by atoms with van der Waals surface area (Å²) in [5, 5.41) is 22.1. The van der Waals surface area contributed by atoms with Gasteiger partial charge in [0.1, 0.15) is 0 Å². The highest BCUT2D eigenvalue weighted by Gasteiger charge is 2.41. The van der Waals surface area contributed by atoms with Crippen LogP contribution in [0.15, 0.2) is 0 Å². The molecule has 0 unspecified atom stereocenters. The number of nitrogens with zero attached hydrogens (tertiary/aromatic N) is 5. The first kappa shape index (κ1) is 14.6. The number of aryl methyl sites for hydroxylation is 2. The molecular weight excluding hydrogens is 278 g/mol. The van der Waals surface area contributed by atoms with Gasteiger partial charge >= 0.3 is 5.97 Å². The van der Waals surface area contributed by atoms with Crippen molar-refractivity contribution in [2.75, 3.05) is 0 Å². The minimum Gasteiger partial charge on any atom is -0.479 e. The molecule has 1 N–H and O–H groups in total. The number of carbonyl (C=O) groups is 1. The summed E-state index contributed by atoms with van der Waals surface area (Å²) in [5.74, 6) is -0.450. The summed E-state index contributed by atoms with van der Waals surface area (Å²) >= 11 is 1.47. The van der Waals surface area contributed by atoms with Crippen LogP contribution < -0.4 is 0 Å². The molecule has 108 valence electrons. The van der Waals surface area contributed by atoms with Gasteiger partial charge in [-0.3, -0.25) is 0 Å². The molecule has 0 aromatic carbocycles. The second-order valence-electron chi connectivity index (χ2n) is 4.61. The number of thiazole rings is 1. The number of carboxylic acid groups (broad SMARTS) is 1. The monoisotopic (exact) mass is 295 g/mol. The zero-order chi connectivity index (χ0) is 14.9. The average Bonchev–Trinajstić information content (AvgIpc) is 2.98. The maximum Gasteiger partial charge on any atom is 0.331 e. The van der Waals surface area contributed by atoms with Crippen molar-refractivity contribution < 1.29 is 9.90 Å². The van der Waals surface area contributed by atoms with Crippen molar-refractivity contribution in [1.29, 1.82) is 0 Å². The first-order valence-electron chi connectivity index (χ1n) is 6.43. The van der Waals surface area contributed by atoms with Crippen LogP contribution in [0.2, 0.25) is 0 Å². The van der Waals surface area contributed by atoms with Crippen molar-refractivity contribution in [1.82, 2.24) is 25.2 Å². The molecule has 0 amide bonds. The maximum absolute atomic E-state index is 11.7. The van der Waals surface area contributed by atoms with Gasteiger partial charge in [-0.25, -0.2) is 14.5 Å². The van der Waals surface area contributed by atoms with Crippen LogP contribution in [0, 0.1) is 13.8 Å². The Morgan fingerprint density at radius 2 is 2.00 bits per heavy atom. The largest absolute Gasteiger partial charge is 0.479 e. The second kappa shape index (κ2) is 5.28. The molecule has 0 aliphatic rings. The Morgan fingerprint density at radius 3 is 2.45 bits per heavy atom. The van der Waals surface area contributed by atoms with Crippen LogP contribution in [0.1, 0.15) is 37.4 Å². The fourth-order valence-corrected chi connectivity index (χ4v) is 3.19. The van der Waals surface area contributed by atoms with E-state index in [2.05, 4.69) is 20.5 Å². The normalized spacial score (nSPS) is 11.8. The SMILES string of the molecule is CCC(CC)(C(=O)O)n1nnnc1-c1sc(C)nc1C. The first-order valence-corrected chi connectivity index (χ1v) is 7.24. The predicted molar refractivity (Wildman–Crippen MR) is 74.6 cm³/mol. The van der Waals surface area contributed by atoms with E-state index < -0.39 is 11.5 Å². The van der Waals surface area contributed by atoms with Gasteiger partial charge < -0.3 is 5.11 Å². The van der Waals surface area contributed by atoms with Crippen molar-refractivity contribution in [2.24, 2.45) is 0 Å². The van der Waals surface area contributed by atoms with Gasteiger partial charge in [-0.2, -0.15) is 0 Å². The molecule has 2 rings (SSSR count). The lowest BCUT2D eigenvalue weighted by Gasteiger charge is -2.27. The number of tetrazole rings is 1. The van der Waals surface area contributed by atoms with Gasteiger partial charge in [0.15, 0.2) is 11.4 Å². The van der Waals surface area contributed by atoms with Crippen molar-refractivity contribution in [2.45, 2.75) is 46.1 Å². The summed E-state index contributed by atoms with van der Waals surface area (Å²) in [6.45, 7) is 7.43. The Bertz CT molecular complexity index is 630. The lowest BCUT2D eigenvalue weighted by Crippen LogP contribution is -2.42. The molecule has 0 bridgehead atoms. The van der Waals surface area contributed by atoms with Crippen LogP contribution in [0.3, 0.4) is 0 Å². The van der Waals surface area contributed by atoms with Crippen LogP contribution >= 0.6 is 11.3 Å². The van der Waals surface area contributed by atoms with E-state index in [0.717, 1.165) is 15.6 Å². The molecule has 0 saturated heterocycles. The van der Waals surface area contributed by atoms with E-state index >= 15 is 0 Å². The van der Waals surface area contributed by atoms with E-state index in [1.807, 2.05) is 27.7 Å².